The molecule has 1 aromatic rings. The topological polar surface area (TPSA) is 81.3 Å². The van der Waals surface area contributed by atoms with Crippen LogP contribution < -0.4 is 20.5 Å². The summed E-state index contributed by atoms with van der Waals surface area (Å²) in [6.07, 6.45) is 0.827. The summed E-state index contributed by atoms with van der Waals surface area (Å²) in [6.45, 7) is 9.40. The van der Waals surface area contributed by atoms with Gasteiger partial charge in [0.25, 0.3) is 0 Å². The fourth-order valence-electron chi connectivity index (χ4n) is 3.28. The molecular formula is C20H34N4O3. The van der Waals surface area contributed by atoms with Gasteiger partial charge >= 0.3 is 0 Å². The molecule has 1 aliphatic rings. The smallest absolute Gasteiger partial charge is 0.188 e. The van der Waals surface area contributed by atoms with Crippen molar-refractivity contribution in [1.29, 1.82) is 0 Å². The van der Waals surface area contributed by atoms with Crippen LogP contribution in [0.2, 0.25) is 0 Å². The van der Waals surface area contributed by atoms with Crippen LogP contribution in [0.25, 0.3) is 0 Å². The first kappa shape index (κ1) is 21.3. The Morgan fingerprint density at radius 2 is 1.93 bits per heavy atom. The number of benzene rings is 1. The molecular weight excluding hydrogens is 344 g/mol. The van der Waals surface area contributed by atoms with E-state index in [1.807, 2.05) is 18.2 Å². The number of morpholine rings is 1. The van der Waals surface area contributed by atoms with Crippen molar-refractivity contribution < 1.29 is 14.2 Å². The van der Waals surface area contributed by atoms with Crippen LogP contribution in [0.1, 0.15) is 19.4 Å². The summed E-state index contributed by atoms with van der Waals surface area (Å²) in [7, 11) is 3.28. The third-order valence-electron chi connectivity index (χ3n) is 4.90. The van der Waals surface area contributed by atoms with Gasteiger partial charge in [0.05, 0.1) is 34.0 Å². The molecule has 1 unspecified atom stereocenters. The van der Waals surface area contributed by atoms with Crippen LogP contribution in [0, 0.1) is 5.92 Å². The quantitative estimate of drug-likeness (QED) is 0.501. The van der Waals surface area contributed by atoms with E-state index in [9.17, 15) is 0 Å². The maximum Gasteiger partial charge on any atom is 0.188 e. The third-order valence-corrected chi connectivity index (χ3v) is 4.90. The van der Waals surface area contributed by atoms with Gasteiger partial charge in [0, 0.05) is 25.7 Å². The Bertz CT molecular complexity index is 601. The Labute approximate surface area is 162 Å². The van der Waals surface area contributed by atoms with Crippen molar-refractivity contribution in [3.8, 4) is 11.5 Å². The first-order chi connectivity index (χ1) is 13.0. The Morgan fingerprint density at radius 1 is 1.22 bits per heavy atom. The minimum atomic E-state index is 0.389. The summed E-state index contributed by atoms with van der Waals surface area (Å²) in [4.78, 5) is 7.02. The first-order valence-corrected chi connectivity index (χ1v) is 9.61. The predicted molar refractivity (Wildman–Crippen MR) is 109 cm³/mol. The number of hydrogen-bond acceptors (Lipinski definition) is 5. The molecule has 0 aliphatic carbocycles. The monoisotopic (exact) mass is 378 g/mol. The molecule has 0 aromatic heterocycles. The summed E-state index contributed by atoms with van der Waals surface area (Å²) < 4.78 is 16.1. The molecule has 152 valence electrons. The average molecular weight is 379 g/mol. The lowest BCUT2D eigenvalue weighted by atomic mass is 10.0. The average Bonchev–Trinajstić information content (AvgIpc) is 2.68. The summed E-state index contributed by atoms with van der Waals surface area (Å²) in [5, 5.41) is 3.21. The van der Waals surface area contributed by atoms with E-state index in [1.54, 1.807) is 14.2 Å². The standard InChI is InChI=1S/C20H34N4O3/c1-15(2)17(24-9-11-27-12-10-24)14-23-20(21)22-8-7-16-5-6-18(25-3)19(13-16)26-4/h5-6,13,15,17H,7-12,14H2,1-4H3,(H3,21,22,23). The zero-order valence-electron chi connectivity index (χ0n) is 17.0. The van der Waals surface area contributed by atoms with E-state index in [4.69, 9.17) is 19.9 Å². The van der Waals surface area contributed by atoms with E-state index in [0.717, 1.165) is 49.8 Å². The van der Waals surface area contributed by atoms with E-state index in [-0.39, 0.29) is 0 Å². The SMILES string of the molecule is COc1ccc(CCNC(N)=NCC(C(C)C)N2CCOCC2)cc1OC. The molecule has 1 aliphatic heterocycles. The molecule has 27 heavy (non-hydrogen) atoms. The maximum absolute atomic E-state index is 6.07. The summed E-state index contributed by atoms with van der Waals surface area (Å²) >= 11 is 0. The Morgan fingerprint density at radius 3 is 2.56 bits per heavy atom. The predicted octanol–water partition coefficient (Wildman–Crippen LogP) is 1.51. The molecule has 0 saturated carbocycles. The molecule has 7 heteroatoms. The lowest BCUT2D eigenvalue weighted by Gasteiger charge is -2.36. The summed E-state index contributed by atoms with van der Waals surface area (Å²) in [6, 6.07) is 6.33. The van der Waals surface area contributed by atoms with Crippen molar-refractivity contribution in [3.63, 3.8) is 0 Å². The molecule has 0 spiro atoms. The normalized spacial score (nSPS) is 17.0. The minimum Gasteiger partial charge on any atom is -0.493 e. The number of aliphatic imine (C=N–C) groups is 1. The Hall–Kier alpha value is -1.99. The third kappa shape index (κ3) is 6.59. The van der Waals surface area contributed by atoms with E-state index in [0.29, 0.717) is 31.0 Å². The van der Waals surface area contributed by atoms with Crippen molar-refractivity contribution >= 4 is 5.96 Å². The number of nitrogens with two attached hydrogens (primary N) is 1. The van der Waals surface area contributed by atoms with E-state index >= 15 is 0 Å². The second kappa shape index (κ2) is 11.0. The number of nitrogens with one attached hydrogen (secondary N) is 1. The first-order valence-electron chi connectivity index (χ1n) is 9.61. The van der Waals surface area contributed by atoms with Crippen LogP contribution >= 0.6 is 0 Å². The van der Waals surface area contributed by atoms with Gasteiger partial charge < -0.3 is 25.3 Å². The van der Waals surface area contributed by atoms with Crippen molar-refractivity contribution in [2.45, 2.75) is 26.3 Å². The van der Waals surface area contributed by atoms with E-state index in [2.05, 4.69) is 29.1 Å². The second-order valence-electron chi connectivity index (χ2n) is 7.05. The highest BCUT2D eigenvalue weighted by molar-refractivity contribution is 5.77. The minimum absolute atomic E-state index is 0.389. The zero-order chi connectivity index (χ0) is 19.6. The number of methoxy groups -OCH3 is 2. The molecule has 1 aromatic carbocycles. The van der Waals surface area contributed by atoms with E-state index in [1.165, 1.54) is 0 Å². The van der Waals surface area contributed by atoms with Crippen LogP contribution in [-0.2, 0) is 11.2 Å². The van der Waals surface area contributed by atoms with Crippen molar-refractivity contribution in [2.24, 2.45) is 16.6 Å². The molecule has 1 fully saturated rings. The summed E-state index contributed by atoms with van der Waals surface area (Å²) in [5.41, 5.74) is 7.22. The van der Waals surface area contributed by atoms with Gasteiger partial charge in [0.1, 0.15) is 0 Å². The van der Waals surface area contributed by atoms with Gasteiger partial charge in [-0.2, -0.15) is 0 Å². The van der Waals surface area contributed by atoms with E-state index < -0.39 is 0 Å². The number of ether oxygens (including phenoxy) is 3. The fourth-order valence-corrected chi connectivity index (χ4v) is 3.28. The molecule has 0 amide bonds. The Kier molecular flexibility index (Phi) is 8.67. The van der Waals surface area contributed by atoms with Gasteiger partial charge in [-0.1, -0.05) is 19.9 Å². The fraction of sp³-hybridized carbons (Fsp3) is 0.650. The molecule has 1 heterocycles. The molecule has 7 nitrogen and oxygen atoms in total. The second-order valence-corrected chi connectivity index (χ2v) is 7.05. The van der Waals surface area contributed by atoms with Gasteiger partial charge in [-0.25, -0.2) is 0 Å². The number of rotatable bonds is 9. The zero-order valence-corrected chi connectivity index (χ0v) is 17.0. The van der Waals surface area contributed by atoms with Crippen LogP contribution in [-0.4, -0.2) is 70.5 Å². The molecule has 1 saturated heterocycles. The van der Waals surface area contributed by atoms with Crippen molar-refractivity contribution in [3.05, 3.63) is 23.8 Å². The van der Waals surface area contributed by atoms with Crippen LogP contribution in [0.4, 0.5) is 0 Å². The van der Waals surface area contributed by atoms with Gasteiger partial charge in [0.2, 0.25) is 0 Å². The molecule has 3 N–H and O–H groups in total. The van der Waals surface area contributed by atoms with Crippen molar-refractivity contribution in [1.82, 2.24) is 10.2 Å². The highest BCUT2D eigenvalue weighted by atomic mass is 16.5. The highest BCUT2D eigenvalue weighted by Crippen LogP contribution is 2.27. The largest absolute Gasteiger partial charge is 0.493 e. The van der Waals surface area contributed by atoms with Gasteiger partial charge in [-0.15, -0.1) is 0 Å². The van der Waals surface area contributed by atoms with Gasteiger partial charge in [0.15, 0.2) is 17.5 Å². The molecule has 0 bridgehead atoms. The molecule has 0 radical (unpaired) electrons. The number of hydrogen-bond donors (Lipinski definition) is 2. The van der Waals surface area contributed by atoms with Crippen LogP contribution in [0.15, 0.2) is 23.2 Å². The highest BCUT2D eigenvalue weighted by Gasteiger charge is 2.23. The Balaban J connectivity index is 1.82. The van der Waals surface area contributed by atoms with Crippen LogP contribution in [0.3, 0.4) is 0 Å². The molecule has 2 rings (SSSR count). The lowest BCUT2D eigenvalue weighted by Crippen LogP contribution is -2.48. The maximum atomic E-state index is 6.07. The lowest BCUT2D eigenvalue weighted by molar-refractivity contribution is 0.00868. The van der Waals surface area contributed by atoms with Gasteiger partial charge in [-0.3, -0.25) is 9.89 Å². The summed E-state index contributed by atoms with van der Waals surface area (Å²) in [5.74, 6) is 2.49. The van der Waals surface area contributed by atoms with Crippen LogP contribution in [0.5, 0.6) is 11.5 Å². The van der Waals surface area contributed by atoms with Crippen molar-refractivity contribution in [2.75, 3.05) is 53.6 Å². The molecule has 1 atom stereocenters. The number of guanidine groups is 1. The van der Waals surface area contributed by atoms with Gasteiger partial charge in [-0.05, 0) is 30.0 Å². The number of nitrogens with zero attached hydrogens (tertiary/aromatic N) is 2.